The second-order valence-corrected chi connectivity index (χ2v) is 6.32. The van der Waals surface area contributed by atoms with E-state index in [-0.39, 0.29) is 18.0 Å². The average Bonchev–Trinajstić information content (AvgIpc) is 3.22. The number of hydrogen-bond acceptors (Lipinski definition) is 2. The molecule has 0 bridgehead atoms. The first-order valence-corrected chi connectivity index (χ1v) is 7.62. The largest absolute Gasteiger partial charge is 0.350 e. The lowest BCUT2D eigenvalue weighted by Crippen LogP contribution is -2.34. The highest BCUT2D eigenvalue weighted by Gasteiger charge is 2.30. The maximum absolute atomic E-state index is 12.0. The molecule has 2 unspecified atom stereocenters. The Balaban J connectivity index is 1.86. The van der Waals surface area contributed by atoms with E-state index in [2.05, 4.69) is 43.4 Å². The van der Waals surface area contributed by atoms with E-state index in [4.69, 9.17) is 5.73 Å². The van der Waals surface area contributed by atoms with Crippen LogP contribution in [-0.4, -0.2) is 11.9 Å². The molecule has 1 amide bonds. The zero-order valence-corrected chi connectivity index (χ0v) is 12.7. The number of nitrogens with one attached hydrogen (secondary N) is 1. The predicted molar refractivity (Wildman–Crippen MR) is 82.4 cm³/mol. The van der Waals surface area contributed by atoms with Crippen LogP contribution < -0.4 is 11.1 Å². The van der Waals surface area contributed by atoms with Crippen LogP contribution in [0.1, 0.15) is 63.1 Å². The van der Waals surface area contributed by atoms with Crippen molar-refractivity contribution in [2.24, 2.45) is 11.7 Å². The lowest BCUT2D eigenvalue weighted by Gasteiger charge is -2.17. The summed E-state index contributed by atoms with van der Waals surface area (Å²) >= 11 is 0. The normalized spacial score (nSPS) is 17.9. The number of nitrogens with two attached hydrogens (primary N) is 1. The minimum atomic E-state index is 0.0329. The highest BCUT2D eigenvalue weighted by atomic mass is 16.1. The van der Waals surface area contributed by atoms with Gasteiger partial charge in [-0.05, 0) is 42.7 Å². The Labute approximate surface area is 121 Å². The van der Waals surface area contributed by atoms with Crippen LogP contribution in [0.5, 0.6) is 0 Å². The zero-order valence-electron chi connectivity index (χ0n) is 12.7. The van der Waals surface area contributed by atoms with Gasteiger partial charge in [-0.3, -0.25) is 4.79 Å². The van der Waals surface area contributed by atoms with E-state index in [9.17, 15) is 4.79 Å². The number of rotatable bonds is 6. The molecule has 1 aliphatic carbocycles. The molecule has 2 atom stereocenters. The molecule has 1 aromatic rings. The fourth-order valence-corrected chi connectivity index (χ4v) is 2.46. The summed E-state index contributed by atoms with van der Waals surface area (Å²) in [5, 5.41) is 3.04. The van der Waals surface area contributed by atoms with Gasteiger partial charge in [0.15, 0.2) is 0 Å². The molecule has 1 aromatic carbocycles. The second kappa shape index (κ2) is 6.40. The van der Waals surface area contributed by atoms with Crippen molar-refractivity contribution in [1.29, 1.82) is 0 Å². The van der Waals surface area contributed by atoms with Crippen LogP contribution in [0, 0.1) is 5.92 Å². The summed E-state index contributed by atoms with van der Waals surface area (Å²) in [5.41, 5.74) is 8.45. The van der Waals surface area contributed by atoms with Gasteiger partial charge in [0.1, 0.15) is 0 Å². The first-order valence-electron chi connectivity index (χ1n) is 7.62. The molecule has 0 saturated heterocycles. The average molecular weight is 274 g/mol. The van der Waals surface area contributed by atoms with Crippen molar-refractivity contribution in [2.45, 2.75) is 58.0 Å². The maximum Gasteiger partial charge on any atom is 0.222 e. The minimum Gasteiger partial charge on any atom is -0.350 e. The predicted octanol–water partition coefficient (Wildman–Crippen LogP) is 3.11. The van der Waals surface area contributed by atoms with Gasteiger partial charge in [0.05, 0.1) is 6.04 Å². The third-order valence-electron chi connectivity index (χ3n) is 4.13. The molecule has 0 radical (unpaired) electrons. The summed E-state index contributed by atoms with van der Waals surface area (Å²) in [6.07, 6.45) is 2.81. The molecule has 1 fully saturated rings. The lowest BCUT2D eigenvalue weighted by molar-refractivity contribution is -0.122. The van der Waals surface area contributed by atoms with Crippen molar-refractivity contribution in [3.05, 3.63) is 35.4 Å². The van der Waals surface area contributed by atoms with Gasteiger partial charge < -0.3 is 11.1 Å². The Morgan fingerprint density at radius 1 is 1.20 bits per heavy atom. The second-order valence-electron chi connectivity index (χ2n) is 6.32. The summed E-state index contributed by atoms with van der Waals surface area (Å²) in [7, 11) is 0. The summed E-state index contributed by atoms with van der Waals surface area (Å²) in [5.74, 6) is 1.16. The van der Waals surface area contributed by atoms with Crippen molar-refractivity contribution in [3.63, 3.8) is 0 Å². The fourth-order valence-electron chi connectivity index (χ4n) is 2.46. The fraction of sp³-hybridized carbons (Fsp3) is 0.588. The van der Waals surface area contributed by atoms with Gasteiger partial charge in [-0.2, -0.15) is 0 Å². The quantitative estimate of drug-likeness (QED) is 0.837. The molecule has 0 aliphatic heterocycles. The van der Waals surface area contributed by atoms with E-state index in [0.29, 0.717) is 18.3 Å². The van der Waals surface area contributed by atoms with Crippen molar-refractivity contribution in [3.8, 4) is 0 Å². The van der Waals surface area contributed by atoms with Crippen LogP contribution in [0.2, 0.25) is 0 Å². The molecule has 1 aliphatic rings. The standard InChI is InChI=1S/C17H26N2O/c1-11(2)13-4-6-14(7-5-13)12(3)19-17(20)10-16(18)15-8-9-15/h4-7,11-12,15-16H,8-10,18H2,1-3H3,(H,19,20). The monoisotopic (exact) mass is 274 g/mol. The van der Waals surface area contributed by atoms with Crippen molar-refractivity contribution in [1.82, 2.24) is 5.32 Å². The van der Waals surface area contributed by atoms with Crippen LogP contribution in [0.3, 0.4) is 0 Å². The molecule has 0 spiro atoms. The number of carbonyl (C=O) groups is 1. The number of hydrogen-bond donors (Lipinski definition) is 2. The zero-order chi connectivity index (χ0) is 14.7. The van der Waals surface area contributed by atoms with E-state index in [1.807, 2.05) is 6.92 Å². The van der Waals surface area contributed by atoms with Crippen LogP contribution in [0.15, 0.2) is 24.3 Å². The van der Waals surface area contributed by atoms with Gasteiger partial charge in [0.25, 0.3) is 0 Å². The molecule has 1 saturated carbocycles. The molecule has 3 N–H and O–H groups in total. The third kappa shape index (κ3) is 4.07. The molecule has 110 valence electrons. The Morgan fingerprint density at radius 2 is 1.75 bits per heavy atom. The van der Waals surface area contributed by atoms with E-state index >= 15 is 0 Å². The minimum absolute atomic E-state index is 0.0329. The highest BCUT2D eigenvalue weighted by molar-refractivity contribution is 5.77. The Hall–Kier alpha value is -1.35. The van der Waals surface area contributed by atoms with Gasteiger partial charge in [0.2, 0.25) is 5.91 Å². The van der Waals surface area contributed by atoms with E-state index in [1.165, 1.54) is 18.4 Å². The molecule has 0 aromatic heterocycles. The first-order chi connectivity index (χ1) is 9.47. The van der Waals surface area contributed by atoms with Gasteiger partial charge in [-0.1, -0.05) is 38.1 Å². The number of benzene rings is 1. The van der Waals surface area contributed by atoms with Gasteiger partial charge in [-0.15, -0.1) is 0 Å². The summed E-state index contributed by atoms with van der Waals surface area (Å²) in [6.45, 7) is 6.38. The molecular weight excluding hydrogens is 248 g/mol. The lowest BCUT2D eigenvalue weighted by atomic mass is 9.99. The van der Waals surface area contributed by atoms with E-state index < -0.39 is 0 Å². The van der Waals surface area contributed by atoms with Crippen molar-refractivity contribution < 1.29 is 4.79 Å². The topological polar surface area (TPSA) is 55.1 Å². The van der Waals surface area contributed by atoms with Crippen molar-refractivity contribution >= 4 is 5.91 Å². The third-order valence-corrected chi connectivity index (χ3v) is 4.13. The smallest absolute Gasteiger partial charge is 0.222 e. The molecular formula is C17H26N2O. The van der Waals surface area contributed by atoms with E-state index in [1.54, 1.807) is 0 Å². The van der Waals surface area contributed by atoms with Crippen LogP contribution in [0.4, 0.5) is 0 Å². The summed E-state index contributed by atoms with van der Waals surface area (Å²) < 4.78 is 0. The van der Waals surface area contributed by atoms with Gasteiger partial charge in [0, 0.05) is 12.5 Å². The molecule has 0 heterocycles. The van der Waals surface area contributed by atoms with Crippen LogP contribution in [-0.2, 0) is 4.79 Å². The summed E-state index contributed by atoms with van der Waals surface area (Å²) in [6, 6.07) is 8.54. The van der Waals surface area contributed by atoms with Crippen molar-refractivity contribution in [2.75, 3.05) is 0 Å². The SMILES string of the molecule is CC(C)c1ccc(C(C)NC(=O)CC(N)C2CC2)cc1. The van der Waals surface area contributed by atoms with Gasteiger partial charge in [-0.25, -0.2) is 0 Å². The van der Waals surface area contributed by atoms with Crippen LogP contribution in [0.25, 0.3) is 0 Å². The van der Waals surface area contributed by atoms with Crippen LogP contribution >= 0.6 is 0 Å². The van der Waals surface area contributed by atoms with Gasteiger partial charge >= 0.3 is 0 Å². The number of carbonyl (C=O) groups excluding carboxylic acids is 1. The molecule has 20 heavy (non-hydrogen) atoms. The highest BCUT2D eigenvalue weighted by Crippen LogP contribution is 2.32. The summed E-state index contributed by atoms with van der Waals surface area (Å²) in [4.78, 5) is 12.0. The Bertz CT molecular complexity index is 449. The maximum atomic E-state index is 12.0. The van der Waals surface area contributed by atoms with E-state index in [0.717, 1.165) is 5.56 Å². The molecule has 2 rings (SSSR count). The first kappa shape index (κ1) is 15.0. The molecule has 3 heteroatoms. The Kier molecular flexibility index (Phi) is 4.81. The molecule has 3 nitrogen and oxygen atoms in total. The number of amides is 1. The Morgan fingerprint density at radius 3 is 2.25 bits per heavy atom.